The lowest BCUT2D eigenvalue weighted by molar-refractivity contribution is 0.717. The molecule has 6 aromatic carbocycles. The minimum absolute atomic E-state index is 0.299. The van der Waals surface area contributed by atoms with Crippen LogP contribution in [0.25, 0.3) is 73.0 Å². The van der Waals surface area contributed by atoms with Crippen molar-refractivity contribution in [1.29, 1.82) is 0 Å². The van der Waals surface area contributed by atoms with E-state index < -0.39 is 0 Å². The van der Waals surface area contributed by atoms with Gasteiger partial charge in [0, 0.05) is 11.8 Å². The maximum absolute atomic E-state index is 4.59. The predicted octanol–water partition coefficient (Wildman–Crippen LogP) is 8.09. The molecule has 0 amide bonds. The van der Waals surface area contributed by atoms with Gasteiger partial charge in [-0.15, -0.1) is 0 Å². The molecule has 0 radical (unpaired) electrons. The molecule has 0 saturated heterocycles. The van der Waals surface area contributed by atoms with E-state index in [1.54, 1.807) is 0 Å². The van der Waals surface area contributed by atoms with Crippen LogP contribution in [0.5, 0.6) is 0 Å². The zero-order chi connectivity index (χ0) is 24.6. The molecule has 0 fully saturated rings. The first-order valence-corrected chi connectivity index (χ1v) is 13.2. The zero-order valence-corrected chi connectivity index (χ0v) is 20.7. The normalized spacial score (nSPS) is 19.4. The van der Waals surface area contributed by atoms with E-state index in [0.29, 0.717) is 11.8 Å². The standard InChI is InChI=1S/C37H24/c1-19-8-9-26-28-15-17-32-31-16-14-27-25-7-5-4-6-22(25)20(2)23-10-12-29(36(31)34(23)27)30-13-11-24(35(28)37(30)32)21(3)33(26)18-19/h4-18,23,34H,2-3H2,1H3. The summed E-state index contributed by atoms with van der Waals surface area (Å²) in [6.07, 6.45) is 9.56. The average Bonchev–Trinajstić information content (AvgIpc) is 2.94. The Labute approximate surface area is 215 Å². The molecule has 0 aliphatic heterocycles. The predicted molar refractivity (Wildman–Crippen MR) is 160 cm³/mol. The smallest absolute Gasteiger partial charge is 0.0211 e. The fourth-order valence-corrected chi connectivity index (χ4v) is 7.72. The number of allylic oxidation sites excluding steroid dienone is 4. The molecular weight excluding hydrogens is 444 g/mol. The number of hydrogen-bond donors (Lipinski definition) is 0. The van der Waals surface area contributed by atoms with Gasteiger partial charge in [-0.2, -0.15) is 0 Å². The van der Waals surface area contributed by atoms with Gasteiger partial charge in [0.1, 0.15) is 0 Å². The van der Waals surface area contributed by atoms with Gasteiger partial charge >= 0.3 is 0 Å². The molecule has 2 unspecified atom stereocenters. The molecule has 6 aromatic rings. The Balaban J connectivity index is 1.50. The Bertz CT molecular complexity index is 2240. The highest BCUT2D eigenvalue weighted by molar-refractivity contribution is 6.30. The number of fused-ring (bicyclic) bond motifs is 6. The van der Waals surface area contributed by atoms with Crippen molar-refractivity contribution in [2.24, 2.45) is 5.92 Å². The molecule has 9 rings (SSSR count). The van der Waals surface area contributed by atoms with E-state index in [0.717, 1.165) is 5.22 Å². The lowest BCUT2D eigenvalue weighted by Crippen LogP contribution is -2.31. The Morgan fingerprint density at radius 1 is 0.676 bits per heavy atom. The summed E-state index contributed by atoms with van der Waals surface area (Å²) in [5.41, 5.74) is 9.43. The zero-order valence-electron chi connectivity index (χ0n) is 20.7. The summed E-state index contributed by atoms with van der Waals surface area (Å²) in [5, 5.41) is 13.1. The van der Waals surface area contributed by atoms with Gasteiger partial charge in [0.2, 0.25) is 0 Å². The monoisotopic (exact) mass is 468 g/mol. The molecule has 37 heavy (non-hydrogen) atoms. The molecule has 0 nitrogen and oxygen atoms in total. The summed E-state index contributed by atoms with van der Waals surface area (Å²) in [7, 11) is 0. The number of benzene rings is 6. The number of rotatable bonds is 0. The van der Waals surface area contributed by atoms with Crippen LogP contribution in [0.1, 0.15) is 33.7 Å². The van der Waals surface area contributed by atoms with Crippen molar-refractivity contribution in [3.05, 3.63) is 124 Å². The molecule has 3 aliphatic rings. The van der Waals surface area contributed by atoms with Crippen molar-refractivity contribution < 1.29 is 0 Å². The van der Waals surface area contributed by atoms with Crippen LogP contribution in [0.15, 0.2) is 85.5 Å². The maximum Gasteiger partial charge on any atom is 0.0211 e. The van der Waals surface area contributed by atoms with Gasteiger partial charge in [0.25, 0.3) is 0 Å². The van der Waals surface area contributed by atoms with E-state index in [2.05, 4.69) is 111 Å². The van der Waals surface area contributed by atoms with Gasteiger partial charge in [-0.25, -0.2) is 0 Å². The maximum atomic E-state index is 4.59. The van der Waals surface area contributed by atoms with E-state index >= 15 is 0 Å². The molecule has 0 N–H and O–H groups in total. The highest BCUT2D eigenvalue weighted by atomic mass is 14.4. The highest BCUT2D eigenvalue weighted by Gasteiger charge is 2.39. The summed E-state index contributed by atoms with van der Waals surface area (Å²) in [6, 6.07) is 25.0. The third-order valence-electron chi connectivity index (χ3n) is 9.33. The Morgan fingerprint density at radius 3 is 2.30 bits per heavy atom. The van der Waals surface area contributed by atoms with Crippen LogP contribution in [-0.4, -0.2) is 0 Å². The third kappa shape index (κ3) is 2.22. The molecule has 0 heterocycles. The number of hydrogen-bond acceptors (Lipinski definition) is 0. The van der Waals surface area contributed by atoms with Gasteiger partial charge in [-0.05, 0) is 93.9 Å². The van der Waals surface area contributed by atoms with Gasteiger partial charge in [0.15, 0.2) is 0 Å². The van der Waals surface area contributed by atoms with Crippen molar-refractivity contribution in [2.45, 2.75) is 12.8 Å². The van der Waals surface area contributed by atoms with Crippen LogP contribution < -0.4 is 10.4 Å². The van der Waals surface area contributed by atoms with E-state index in [4.69, 9.17) is 0 Å². The second kappa shape index (κ2) is 6.47. The van der Waals surface area contributed by atoms with Crippen LogP contribution in [0.2, 0.25) is 0 Å². The molecule has 0 bridgehead atoms. The van der Waals surface area contributed by atoms with Gasteiger partial charge in [0.05, 0.1) is 0 Å². The van der Waals surface area contributed by atoms with Crippen molar-refractivity contribution in [3.63, 3.8) is 0 Å². The van der Waals surface area contributed by atoms with Gasteiger partial charge in [-0.1, -0.05) is 110 Å². The molecule has 3 aliphatic carbocycles. The largest absolute Gasteiger partial charge is 0.0946 e. The van der Waals surface area contributed by atoms with Crippen LogP contribution in [0.4, 0.5) is 0 Å². The fraction of sp³-hybridized carbons (Fsp3) is 0.0811. The van der Waals surface area contributed by atoms with Gasteiger partial charge < -0.3 is 0 Å². The van der Waals surface area contributed by atoms with Crippen molar-refractivity contribution in [2.75, 3.05) is 0 Å². The molecule has 172 valence electrons. The molecule has 0 saturated carbocycles. The topological polar surface area (TPSA) is 0 Å². The van der Waals surface area contributed by atoms with Gasteiger partial charge in [-0.3, -0.25) is 0 Å². The molecule has 0 heteroatoms. The van der Waals surface area contributed by atoms with Crippen molar-refractivity contribution in [1.82, 2.24) is 0 Å². The Hall–Kier alpha value is -4.42. The van der Waals surface area contributed by atoms with Crippen LogP contribution >= 0.6 is 0 Å². The minimum Gasteiger partial charge on any atom is -0.0946 e. The third-order valence-corrected chi connectivity index (χ3v) is 9.33. The average molecular weight is 469 g/mol. The molecular formula is C37H24. The Morgan fingerprint density at radius 2 is 1.41 bits per heavy atom. The van der Waals surface area contributed by atoms with E-state index in [1.807, 2.05) is 0 Å². The first-order valence-electron chi connectivity index (χ1n) is 13.2. The minimum atomic E-state index is 0.299. The summed E-state index contributed by atoms with van der Waals surface area (Å²) in [4.78, 5) is 0. The first-order chi connectivity index (χ1) is 18.1. The van der Waals surface area contributed by atoms with Crippen molar-refractivity contribution >= 4 is 73.0 Å². The fourth-order valence-electron chi connectivity index (χ4n) is 7.72. The lowest BCUT2D eigenvalue weighted by Gasteiger charge is -2.41. The van der Waals surface area contributed by atoms with Crippen LogP contribution in [-0.2, 0) is 0 Å². The van der Waals surface area contributed by atoms with E-state index in [1.165, 1.54) is 87.3 Å². The quantitative estimate of drug-likeness (QED) is 0.156. The van der Waals surface area contributed by atoms with Crippen molar-refractivity contribution in [3.8, 4) is 0 Å². The summed E-state index contributed by atoms with van der Waals surface area (Å²) in [6.45, 7) is 11.3. The second-order valence-corrected chi connectivity index (χ2v) is 11.1. The summed E-state index contributed by atoms with van der Waals surface area (Å²) < 4.78 is 0. The lowest BCUT2D eigenvalue weighted by atomic mass is 9.62. The Kier molecular flexibility index (Phi) is 3.45. The van der Waals surface area contributed by atoms with E-state index in [9.17, 15) is 0 Å². The second-order valence-electron chi connectivity index (χ2n) is 11.1. The highest BCUT2D eigenvalue weighted by Crippen LogP contribution is 2.54. The van der Waals surface area contributed by atoms with Crippen LogP contribution in [0.3, 0.4) is 0 Å². The molecule has 2 atom stereocenters. The number of aryl methyl sites for hydroxylation is 1. The molecule has 0 spiro atoms. The summed E-state index contributed by atoms with van der Waals surface area (Å²) >= 11 is 0. The molecule has 0 aromatic heterocycles. The van der Waals surface area contributed by atoms with Crippen LogP contribution in [0, 0.1) is 12.8 Å². The summed E-state index contributed by atoms with van der Waals surface area (Å²) in [5.74, 6) is 0.615. The van der Waals surface area contributed by atoms with E-state index in [-0.39, 0.29) is 0 Å². The SMILES string of the molecule is C=C1c2ccccc2C2=CC=c3c4c(c5ccc6c(=C)c7cc(C)ccc7c7ccc3c5c67)C=CC1C24. The first kappa shape index (κ1) is 19.7.